The zero-order valence-electron chi connectivity index (χ0n) is 17.0. The molecule has 0 saturated carbocycles. The minimum Gasteiger partial charge on any atom is -0.378 e. The van der Waals surface area contributed by atoms with Gasteiger partial charge in [0.25, 0.3) is 5.91 Å². The molecule has 0 atom stereocenters. The number of benzene rings is 2. The van der Waals surface area contributed by atoms with Crippen molar-refractivity contribution in [3.05, 3.63) is 53.1 Å². The predicted octanol–water partition coefficient (Wildman–Crippen LogP) is 4.00. The Hall–Kier alpha value is -2.90. The van der Waals surface area contributed by atoms with Gasteiger partial charge in [-0.1, -0.05) is 11.6 Å². The van der Waals surface area contributed by atoms with Gasteiger partial charge in [0.15, 0.2) is 0 Å². The fourth-order valence-corrected chi connectivity index (χ4v) is 3.40. The van der Waals surface area contributed by atoms with Crippen LogP contribution in [0.25, 0.3) is 10.9 Å². The topological polar surface area (TPSA) is 79.4 Å². The van der Waals surface area contributed by atoms with Crippen molar-refractivity contribution in [3.63, 3.8) is 0 Å². The summed E-state index contributed by atoms with van der Waals surface area (Å²) in [5.41, 5.74) is 2.15. The van der Waals surface area contributed by atoms with Gasteiger partial charge in [-0.05, 0) is 56.3 Å². The number of amides is 1. The number of halogens is 1. The van der Waals surface area contributed by atoms with Crippen molar-refractivity contribution in [2.45, 2.75) is 19.9 Å². The quantitative estimate of drug-likeness (QED) is 0.643. The first-order valence-electron chi connectivity index (χ1n) is 9.97. The summed E-state index contributed by atoms with van der Waals surface area (Å²) in [4.78, 5) is 24.1. The summed E-state index contributed by atoms with van der Waals surface area (Å²) in [6.07, 6.45) is 0. The van der Waals surface area contributed by atoms with E-state index in [1.54, 1.807) is 6.07 Å². The highest BCUT2D eigenvalue weighted by atomic mass is 35.5. The summed E-state index contributed by atoms with van der Waals surface area (Å²) in [6.45, 7) is 6.59. The first-order valence-corrected chi connectivity index (χ1v) is 10.4. The second-order valence-electron chi connectivity index (χ2n) is 7.46. The van der Waals surface area contributed by atoms with Crippen molar-refractivity contribution in [1.29, 1.82) is 0 Å². The number of fused-ring (bicyclic) bond motifs is 1. The number of ether oxygens (including phenoxy) is 1. The van der Waals surface area contributed by atoms with Gasteiger partial charge in [0.1, 0.15) is 5.82 Å². The van der Waals surface area contributed by atoms with Gasteiger partial charge in [-0.25, -0.2) is 4.98 Å². The van der Waals surface area contributed by atoms with Crippen LogP contribution in [0.5, 0.6) is 0 Å². The lowest BCUT2D eigenvalue weighted by Crippen LogP contribution is -2.37. The van der Waals surface area contributed by atoms with E-state index in [0.717, 1.165) is 24.2 Å². The molecule has 0 spiro atoms. The molecular formula is C22H24ClN5O2. The first-order chi connectivity index (χ1) is 14.5. The number of rotatable bonds is 5. The average Bonchev–Trinajstić information content (AvgIpc) is 2.75. The van der Waals surface area contributed by atoms with E-state index in [2.05, 4.69) is 15.5 Å². The van der Waals surface area contributed by atoms with Gasteiger partial charge in [0, 0.05) is 40.8 Å². The van der Waals surface area contributed by atoms with Gasteiger partial charge in [0.2, 0.25) is 5.95 Å². The van der Waals surface area contributed by atoms with Crippen molar-refractivity contribution >= 4 is 45.9 Å². The third kappa shape index (κ3) is 4.63. The molecule has 0 radical (unpaired) electrons. The zero-order chi connectivity index (χ0) is 21.1. The Morgan fingerprint density at radius 2 is 1.83 bits per heavy atom. The third-order valence-electron chi connectivity index (χ3n) is 4.77. The molecule has 0 unspecified atom stereocenters. The number of hydrogen-bond acceptors (Lipinski definition) is 6. The van der Waals surface area contributed by atoms with E-state index in [1.165, 1.54) is 0 Å². The Balaban J connectivity index is 1.76. The Morgan fingerprint density at radius 3 is 2.53 bits per heavy atom. The molecule has 0 bridgehead atoms. The molecule has 8 heteroatoms. The molecule has 1 saturated heterocycles. The third-order valence-corrected chi connectivity index (χ3v) is 5.02. The van der Waals surface area contributed by atoms with Gasteiger partial charge in [-0.15, -0.1) is 0 Å². The van der Waals surface area contributed by atoms with Crippen LogP contribution in [-0.4, -0.2) is 48.2 Å². The molecule has 2 aromatic carbocycles. The standard InChI is InChI=1S/C22H24ClN5O2/c1-14(2)24-21(29)15-3-8-18-19(13-15)26-22(28-9-11-30-12-10-28)27-20(18)25-17-6-4-16(23)5-7-17/h3-8,13-14H,9-12H2,1-2H3,(H,24,29)(H,25,26,27). The van der Waals surface area contributed by atoms with Crippen LogP contribution in [0.15, 0.2) is 42.5 Å². The maximum absolute atomic E-state index is 12.5. The highest BCUT2D eigenvalue weighted by Gasteiger charge is 2.18. The van der Waals surface area contributed by atoms with Crippen LogP contribution in [0.1, 0.15) is 24.2 Å². The Morgan fingerprint density at radius 1 is 1.10 bits per heavy atom. The highest BCUT2D eigenvalue weighted by molar-refractivity contribution is 6.30. The smallest absolute Gasteiger partial charge is 0.251 e. The van der Waals surface area contributed by atoms with Gasteiger partial charge in [-0.3, -0.25) is 4.79 Å². The Bertz CT molecular complexity index is 1050. The van der Waals surface area contributed by atoms with Crippen molar-refractivity contribution in [1.82, 2.24) is 15.3 Å². The average molecular weight is 426 g/mol. The van der Waals surface area contributed by atoms with Crippen LogP contribution >= 0.6 is 11.6 Å². The molecule has 1 aliphatic heterocycles. The summed E-state index contributed by atoms with van der Waals surface area (Å²) >= 11 is 6.01. The Kier molecular flexibility index (Phi) is 6.01. The molecule has 1 aliphatic rings. The lowest BCUT2D eigenvalue weighted by Gasteiger charge is -2.27. The van der Waals surface area contributed by atoms with Crippen molar-refractivity contribution in [2.75, 3.05) is 36.5 Å². The molecule has 1 aromatic heterocycles. The van der Waals surface area contributed by atoms with Crippen LogP contribution in [0.3, 0.4) is 0 Å². The van der Waals surface area contributed by atoms with E-state index in [4.69, 9.17) is 26.3 Å². The zero-order valence-corrected chi connectivity index (χ0v) is 17.7. The number of anilines is 3. The maximum atomic E-state index is 12.5. The molecule has 156 valence electrons. The Labute approximate surface area is 180 Å². The van der Waals surface area contributed by atoms with E-state index in [0.29, 0.717) is 41.1 Å². The second kappa shape index (κ2) is 8.85. The van der Waals surface area contributed by atoms with Crippen LogP contribution in [0, 0.1) is 0 Å². The van der Waals surface area contributed by atoms with Gasteiger partial charge in [0.05, 0.1) is 18.7 Å². The SMILES string of the molecule is CC(C)NC(=O)c1ccc2c(Nc3ccc(Cl)cc3)nc(N3CCOCC3)nc2c1. The molecule has 30 heavy (non-hydrogen) atoms. The van der Waals surface area contributed by atoms with Gasteiger partial charge in [-0.2, -0.15) is 4.98 Å². The number of carbonyl (C=O) groups is 1. The summed E-state index contributed by atoms with van der Waals surface area (Å²) in [5.74, 6) is 1.17. The van der Waals surface area contributed by atoms with E-state index in [-0.39, 0.29) is 11.9 Å². The summed E-state index contributed by atoms with van der Waals surface area (Å²) in [5, 5.41) is 7.80. The lowest BCUT2D eigenvalue weighted by atomic mass is 10.1. The monoisotopic (exact) mass is 425 g/mol. The lowest BCUT2D eigenvalue weighted by molar-refractivity contribution is 0.0943. The normalized spacial score (nSPS) is 14.2. The van der Waals surface area contributed by atoms with Crippen LogP contribution in [-0.2, 0) is 4.74 Å². The van der Waals surface area contributed by atoms with Crippen molar-refractivity contribution < 1.29 is 9.53 Å². The van der Waals surface area contributed by atoms with Crippen LogP contribution in [0.4, 0.5) is 17.5 Å². The summed E-state index contributed by atoms with van der Waals surface area (Å²) in [7, 11) is 0. The predicted molar refractivity (Wildman–Crippen MR) is 120 cm³/mol. The molecule has 2 heterocycles. The fraction of sp³-hybridized carbons (Fsp3) is 0.318. The number of nitrogens with zero attached hydrogens (tertiary/aromatic N) is 3. The molecule has 7 nitrogen and oxygen atoms in total. The summed E-state index contributed by atoms with van der Waals surface area (Å²) < 4.78 is 5.46. The number of carbonyl (C=O) groups excluding carboxylic acids is 1. The molecule has 3 aromatic rings. The van der Waals surface area contributed by atoms with Gasteiger partial charge >= 0.3 is 0 Å². The molecule has 1 amide bonds. The van der Waals surface area contributed by atoms with E-state index in [1.807, 2.05) is 50.2 Å². The number of morpholine rings is 1. The van der Waals surface area contributed by atoms with E-state index in [9.17, 15) is 4.79 Å². The largest absolute Gasteiger partial charge is 0.378 e. The molecule has 4 rings (SSSR count). The minimum atomic E-state index is -0.120. The molecular weight excluding hydrogens is 402 g/mol. The van der Waals surface area contributed by atoms with E-state index < -0.39 is 0 Å². The summed E-state index contributed by atoms with van der Waals surface area (Å²) in [6, 6.07) is 13.0. The highest BCUT2D eigenvalue weighted by Crippen LogP contribution is 2.28. The van der Waals surface area contributed by atoms with E-state index >= 15 is 0 Å². The van der Waals surface area contributed by atoms with Crippen LogP contribution < -0.4 is 15.5 Å². The molecule has 2 N–H and O–H groups in total. The number of aromatic nitrogens is 2. The fourth-order valence-electron chi connectivity index (χ4n) is 3.27. The first kappa shape index (κ1) is 20.4. The number of nitrogens with one attached hydrogen (secondary N) is 2. The number of hydrogen-bond donors (Lipinski definition) is 2. The van der Waals surface area contributed by atoms with Crippen molar-refractivity contribution in [2.24, 2.45) is 0 Å². The van der Waals surface area contributed by atoms with Gasteiger partial charge < -0.3 is 20.3 Å². The minimum absolute atomic E-state index is 0.0599. The maximum Gasteiger partial charge on any atom is 0.251 e. The van der Waals surface area contributed by atoms with Crippen molar-refractivity contribution in [3.8, 4) is 0 Å². The second-order valence-corrected chi connectivity index (χ2v) is 7.90. The molecule has 0 aliphatic carbocycles. The molecule has 1 fully saturated rings. The van der Waals surface area contributed by atoms with Crippen LogP contribution in [0.2, 0.25) is 5.02 Å².